The quantitative estimate of drug-likeness (QED) is 0.826. The van der Waals surface area contributed by atoms with Gasteiger partial charge in [-0.25, -0.2) is 0 Å². The van der Waals surface area contributed by atoms with Crippen LogP contribution in [0.5, 0.6) is 11.5 Å². The van der Waals surface area contributed by atoms with Gasteiger partial charge in [-0.2, -0.15) is 0 Å². The summed E-state index contributed by atoms with van der Waals surface area (Å²) < 4.78 is 11.8. The number of hydrogen-bond acceptors (Lipinski definition) is 4. The fourth-order valence-electron chi connectivity index (χ4n) is 3.89. The first kappa shape index (κ1) is 15.3. The van der Waals surface area contributed by atoms with E-state index in [1.54, 1.807) is 11.3 Å². The standard InChI is InChI=1S/C20H21NO3S/c22-19(11-15-2-1-9-25-15)21(14-3-4-14)12-17-16-6-8-23-18(16)10-13-5-7-24-20(13)17/h1-2,9-10,14H,3-8,11-12H2. The second kappa shape index (κ2) is 6.06. The predicted octanol–water partition coefficient (Wildman–Crippen LogP) is 3.35. The molecule has 1 aromatic heterocycles. The summed E-state index contributed by atoms with van der Waals surface area (Å²) in [6.07, 6.45) is 4.59. The number of thiophene rings is 1. The van der Waals surface area contributed by atoms with E-state index in [0.29, 0.717) is 19.0 Å². The summed E-state index contributed by atoms with van der Waals surface area (Å²) in [6, 6.07) is 6.59. The molecule has 0 bridgehead atoms. The number of benzene rings is 1. The van der Waals surface area contributed by atoms with Gasteiger partial charge in [0.25, 0.3) is 0 Å². The zero-order valence-corrected chi connectivity index (χ0v) is 14.9. The van der Waals surface area contributed by atoms with Gasteiger partial charge in [0.2, 0.25) is 5.91 Å². The van der Waals surface area contributed by atoms with Crippen molar-refractivity contribution in [2.24, 2.45) is 0 Å². The minimum Gasteiger partial charge on any atom is -0.493 e. The first-order valence-electron chi connectivity index (χ1n) is 9.04. The number of nitrogens with zero attached hydrogens (tertiary/aromatic N) is 1. The highest BCUT2D eigenvalue weighted by Gasteiger charge is 2.35. The number of carbonyl (C=O) groups excluding carboxylic acids is 1. The minimum atomic E-state index is 0.230. The Hall–Kier alpha value is -2.01. The van der Waals surface area contributed by atoms with Crippen molar-refractivity contribution >= 4 is 17.2 Å². The second-order valence-corrected chi connectivity index (χ2v) is 8.06. The van der Waals surface area contributed by atoms with Gasteiger partial charge in [0.1, 0.15) is 11.5 Å². The smallest absolute Gasteiger partial charge is 0.228 e. The SMILES string of the molecule is O=C(Cc1cccs1)N(Cc1c2c(cc3c1OCC3)OCC2)C1CC1. The van der Waals surface area contributed by atoms with E-state index < -0.39 is 0 Å². The molecule has 0 unspecified atom stereocenters. The molecular weight excluding hydrogens is 334 g/mol. The molecule has 1 fully saturated rings. The molecule has 0 saturated heterocycles. The Bertz CT molecular complexity index is 779. The molecule has 3 aliphatic rings. The van der Waals surface area contributed by atoms with Crippen molar-refractivity contribution in [3.63, 3.8) is 0 Å². The van der Waals surface area contributed by atoms with Crippen LogP contribution >= 0.6 is 11.3 Å². The van der Waals surface area contributed by atoms with E-state index in [2.05, 4.69) is 11.0 Å². The summed E-state index contributed by atoms with van der Waals surface area (Å²) in [7, 11) is 0. The molecular formula is C20H21NO3S. The molecule has 0 atom stereocenters. The highest BCUT2D eigenvalue weighted by Crippen LogP contribution is 2.42. The fraction of sp³-hybridized carbons (Fsp3) is 0.450. The van der Waals surface area contributed by atoms with Gasteiger partial charge in [-0.3, -0.25) is 4.79 Å². The van der Waals surface area contributed by atoms with E-state index in [9.17, 15) is 4.79 Å². The lowest BCUT2D eigenvalue weighted by atomic mass is 9.99. The Morgan fingerprint density at radius 2 is 2.12 bits per heavy atom. The highest BCUT2D eigenvalue weighted by atomic mass is 32.1. The van der Waals surface area contributed by atoms with Crippen LogP contribution in [-0.2, 0) is 30.6 Å². The summed E-state index contributed by atoms with van der Waals surface area (Å²) in [5, 5.41) is 2.03. The van der Waals surface area contributed by atoms with Crippen LogP contribution in [0.2, 0.25) is 0 Å². The first-order chi connectivity index (χ1) is 12.3. The lowest BCUT2D eigenvalue weighted by Gasteiger charge is -2.25. The maximum absolute atomic E-state index is 13.0. The normalized spacial score (nSPS) is 17.6. The molecule has 5 rings (SSSR count). The van der Waals surface area contributed by atoms with E-state index >= 15 is 0 Å². The number of carbonyl (C=O) groups is 1. The van der Waals surface area contributed by atoms with Gasteiger partial charge in [-0.05, 0) is 30.4 Å². The summed E-state index contributed by atoms with van der Waals surface area (Å²) in [4.78, 5) is 16.2. The van der Waals surface area contributed by atoms with Gasteiger partial charge in [0.15, 0.2) is 0 Å². The molecule has 2 aliphatic heterocycles. The van der Waals surface area contributed by atoms with Crippen LogP contribution in [0, 0.1) is 0 Å². The first-order valence-corrected chi connectivity index (χ1v) is 9.92. The van der Waals surface area contributed by atoms with E-state index in [1.165, 1.54) is 16.7 Å². The fourth-order valence-corrected chi connectivity index (χ4v) is 4.59. The molecule has 2 aromatic rings. The molecule has 130 valence electrons. The van der Waals surface area contributed by atoms with E-state index in [0.717, 1.165) is 55.3 Å². The largest absolute Gasteiger partial charge is 0.493 e. The molecule has 1 amide bonds. The van der Waals surface area contributed by atoms with Gasteiger partial charge in [-0.15, -0.1) is 11.3 Å². The van der Waals surface area contributed by atoms with Crippen molar-refractivity contribution in [1.29, 1.82) is 0 Å². The van der Waals surface area contributed by atoms with Crippen molar-refractivity contribution in [3.8, 4) is 11.5 Å². The third-order valence-corrected chi connectivity index (χ3v) is 6.18. The van der Waals surface area contributed by atoms with Crippen molar-refractivity contribution < 1.29 is 14.3 Å². The summed E-state index contributed by atoms with van der Waals surface area (Å²) in [5.74, 6) is 2.24. The third-order valence-electron chi connectivity index (χ3n) is 5.30. The van der Waals surface area contributed by atoms with Crippen molar-refractivity contribution in [3.05, 3.63) is 45.1 Å². The zero-order chi connectivity index (χ0) is 16.8. The van der Waals surface area contributed by atoms with Crippen LogP contribution in [0.15, 0.2) is 23.6 Å². The van der Waals surface area contributed by atoms with Gasteiger partial charge in [-0.1, -0.05) is 6.07 Å². The maximum Gasteiger partial charge on any atom is 0.228 e. The minimum absolute atomic E-state index is 0.230. The van der Waals surface area contributed by atoms with Gasteiger partial charge in [0.05, 0.1) is 26.2 Å². The Balaban J connectivity index is 1.46. The van der Waals surface area contributed by atoms with Crippen LogP contribution in [0.1, 0.15) is 34.4 Å². The van der Waals surface area contributed by atoms with Crippen molar-refractivity contribution in [2.75, 3.05) is 13.2 Å². The molecule has 1 aromatic carbocycles. The average Bonchev–Trinajstić information content (AvgIpc) is 3.03. The van der Waals surface area contributed by atoms with E-state index in [1.807, 2.05) is 17.5 Å². The molecule has 0 radical (unpaired) electrons. The molecule has 5 heteroatoms. The van der Waals surface area contributed by atoms with Crippen LogP contribution < -0.4 is 9.47 Å². The molecule has 25 heavy (non-hydrogen) atoms. The van der Waals surface area contributed by atoms with Crippen LogP contribution in [0.25, 0.3) is 0 Å². The molecule has 0 spiro atoms. The van der Waals surface area contributed by atoms with Crippen LogP contribution in [-0.4, -0.2) is 30.1 Å². The summed E-state index contributed by atoms with van der Waals surface area (Å²) in [5.41, 5.74) is 3.67. The zero-order valence-electron chi connectivity index (χ0n) is 14.1. The molecule has 4 nitrogen and oxygen atoms in total. The third kappa shape index (κ3) is 2.80. The van der Waals surface area contributed by atoms with Gasteiger partial charge >= 0.3 is 0 Å². The number of amides is 1. The van der Waals surface area contributed by atoms with E-state index in [-0.39, 0.29) is 5.91 Å². The van der Waals surface area contributed by atoms with E-state index in [4.69, 9.17) is 9.47 Å². The monoisotopic (exact) mass is 355 g/mol. The lowest BCUT2D eigenvalue weighted by molar-refractivity contribution is -0.131. The molecule has 1 aliphatic carbocycles. The molecule has 1 saturated carbocycles. The van der Waals surface area contributed by atoms with Crippen molar-refractivity contribution in [2.45, 2.75) is 44.7 Å². The molecule has 3 heterocycles. The Morgan fingerprint density at radius 1 is 1.24 bits per heavy atom. The number of hydrogen-bond donors (Lipinski definition) is 0. The lowest BCUT2D eigenvalue weighted by Crippen LogP contribution is -2.34. The Kier molecular flexibility index (Phi) is 3.70. The van der Waals surface area contributed by atoms with Crippen molar-refractivity contribution in [1.82, 2.24) is 4.90 Å². The topological polar surface area (TPSA) is 38.8 Å². The highest BCUT2D eigenvalue weighted by molar-refractivity contribution is 7.10. The summed E-state index contributed by atoms with van der Waals surface area (Å²) >= 11 is 1.66. The van der Waals surface area contributed by atoms with Gasteiger partial charge < -0.3 is 14.4 Å². The second-order valence-electron chi connectivity index (χ2n) is 7.03. The van der Waals surface area contributed by atoms with Crippen LogP contribution in [0.3, 0.4) is 0 Å². The molecule has 0 N–H and O–H groups in total. The number of ether oxygens (including phenoxy) is 2. The maximum atomic E-state index is 13.0. The predicted molar refractivity (Wildman–Crippen MR) is 96.4 cm³/mol. The summed E-state index contributed by atoms with van der Waals surface area (Å²) in [6.45, 7) is 2.12. The van der Waals surface area contributed by atoms with Gasteiger partial charge in [0, 0.05) is 40.5 Å². The Morgan fingerprint density at radius 3 is 2.92 bits per heavy atom. The number of rotatable bonds is 5. The Labute approximate surface area is 151 Å². The average molecular weight is 355 g/mol. The number of fused-ring (bicyclic) bond motifs is 2. The van der Waals surface area contributed by atoms with Crippen LogP contribution in [0.4, 0.5) is 0 Å².